The van der Waals surface area contributed by atoms with Crippen LogP contribution in [0.25, 0.3) is 11.4 Å². The zero-order chi connectivity index (χ0) is 16.9. The fraction of sp³-hybridized carbons (Fsp3) is 0.353. The Morgan fingerprint density at radius 1 is 0.840 bits per heavy atom. The Morgan fingerprint density at radius 3 is 2.52 bits per heavy atom. The highest BCUT2D eigenvalue weighted by Gasteiger charge is 2.19. The number of aromatic nitrogens is 6. The maximum Gasteiger partial charge on any atom is 0.225 e. The predicted octanol–water partition coefficient (Wildman–Crippen LogP) is 0.952. The van der Waals surface area contributed by atoms with Crippen molar-refractivity contribution in [2.24, 2.45) is 0 Å². The predicted molar refractivity (Wildman–Crippen MR) is 93.9 cm³/mol. The molecule has 0 bridgehead atoms. The Morgan fingerprint density at radius 2 is 1.76 bits per heavy atom. The van der Waals surface area contributed by atoms with E-state index in [1.165, 1.54) is 0 Å². The summed E-state index contributed by atoms with van der Waals surface area (Å²) < 4.78 is 1.87. The van der Waals surface area contributed by atoms with E-state index in [0.717, 1.165) is 56.6 Å². The molecule has 0 amide bonds. The minimum atomic E-state index is 0.777. The highest BCUT2D eigenvalue weighted by atomic mass is 15.4. The van der Waals surface area contributed by atoms with Gasteiger partial charge in [0.05, 0.1) is 24.1 Å². The van der Waals surface area contributed by atoms with Crippen molar-refractivity contribution in [3.63, 3.8) is 0 Å². The number of hydrogen-bond donors (Lipinski definition) is 0. The van der Waals surface area contributed by atoms with E-state index in [9.17, 15) is 0 Å². The summed E-state index contributed by atoms with van der Waals surface area (Å²) in [6.45, 7) is 5.67. The number of anilines is 1. The average molecular weight is 336 g/mol. The summed E-state index contributed by atoms with van der Waals surface area (Å²) in [6.07, 6.45) is 7.20. The third kappa shape index (κ3) is 3.80. The molecule has 0 atom stereocenters. The van der Waals surface area contributed by atoms with E-state index in [1.807, 2.05) is 41.3 Å². The van der Waals surface area contributed by atoms with Gasteiger partial charge in [-0.05, 0) is 18.2 Å². The first-order chi connectivity index (χ1) is 12.4. The number of rotatable bonds is 5. The molecular weight excluding hydrogens is 316 g/mol. The Bertz CT molecular complexity index is 781. The van der Waals surface area contributed by atoms with Crippen LogP contribution in [0.15, 0.2) is 49.1 Å². The molecule has 1 fully saturated rings. The van der Waals surface area contributed by atoms with E-state index in [-0.39, 0.29) is 0 Å². The lowest BCUT2D eigenvalue weighted by Gasteiger charge is -2.34. The minimum Gasteiger partial charge on any atom is -0.338 e. The van der Waals surface area contributed by atoms with Gasteiger partial charge >= 0.3 is 0 Å². The molecule has 0 unspecified atom stereocenters. The second-order valence-corrected chi connectivity index (χ2v) is 5.95. The summed E-state index contributed by atoms with van der Waals surface area (Å²) in [5, 5.41) is 7.84. The van der Waals surface area contributed by atoms with Crippen molar-refractivity contribution in [2.45, 2.75) is 6.54 Å². The van der Waals surface area contributed by atoms with Gasteiger partial charge in [-0.15, -0.1) is 5.10 Å². The van der Waals surface area contributed by atoms with Gasteiger partial charge < -0.3 is 4.90 Å². The van der Waals surface area contributed by atoms with Crippen molar-refractivity contribution in [2.75, 3.05) is 37.6 Å². The maximum absolute atomic E-state index is 4.69. The van der Waals surface area contributed by atoms with Gasteiger partial charge in [-0.25, -0.2) is 9.97 Å². The molecule has 0 saturated carbocycles. The van der Waals surface area contributed by atoms with Crippen molar-refractivity contribution in [1.29, 1.82) is 0 Å². The maximum atomic E-state index is 4.69. The van der Waals surface area contributed by atoms with E-state index >= 15 is 0 Å². The summed E-state index contributed by atoms with van der Waals surface area (Å²) in [6, 6.07) is 7.75. The highest BCUT2D eigenvalue weighted by Crippen LogP contribution is 2.17. The quantitative estimate of drug-likeness (QED) is 0.686. The second-order valence-electron chi connectivity index (χ2n) is 5.95. The van der Waals surface area contributed by atoms with Crippen LogP contribution in [0.4, 0.5) is 5.95 Å². The van der Waals surface area contributed by atoms with Crippen LogP contribution in [-0.4, -0.2) is 67.6 Å². The third-order valence-electron chi connectivity index (χ3n) is 4.34. The summed E-state index contributed by atoms with van der Waals surface area (Å²) in [7, 11) is 0. The van der Waals surface area contributed by atoms with Gasteiger partial charge in [0, 0.05) is 51.3 Å². The Hall–Kier alpha value is -2.87. The van der Waals surface area contributed by atoms with Gasteiger partial charge in [0.15, 0.2) is 0 Å². The van der Waals surface area contributed by atoms with Gasteiger partial charge in [0.1, 0.15) is 0 Å². The molecule has 0 radical (unpaired) electrons. The summed E-state index contributed by atoms with van der Waals surface area (Å²) >= 11 is 0. The number of pyridine rings is 1. The first-order valence-corrected chi connectivity index (χ1v) is 8.44. The molecule has 1 saturated heterocycles. The summed E-state index contributed by atoms with van der Waals surface area (Å²) in [5.41, 5.74) is 1.73. The third-order valence-corrected chi connectivity index (χ3v) is 4.34. The van der Waals surface area contributed by atoms with Crippen LogP contribution in [0.5, 0.6) is 0 Å². The van der Waals surface area contributed by atoms with Crippen LogP contribution in [0.3, 0.4) is 0 Å². The lowest BCUT2D eigenvalue weighted by Crippen LogP contribution is -2.47. The Balaban J connectivity index is 1.36. The first-order valence-electron chi connectivity index (χ1n) is 8.44. The average Bonchev–Trinajstić information content (AvgIpc) is 3.21. The molecule has 0 spiro atoms. The van der Waals surface area contributed by atoms with E-state index in [1.54, 1.807) is 12.4 Å². The van der Waals surface area contributed by atoms with Gasteiger partial charge in [0.2, 0.25) is 5.95 Å². The molecule has 25 heavy (non-hydrogen) atoms. The standard InChI is InChI=1S/C17H20N8/c1-2-5-18-15(3-1)16-4-6-19-17(21-16)24-12-9-23(10-13-24)11-14-25-8-7-20-22-25/h1-8H,9-14H2. The van der Waals surface area contributed by atoms with Crippen LogP contribution in [0.1, 0.15) is 0 Å². The van der Waals surface area contributed by atoms with Crippen LogP contribution >= 0.6 is 0 Å². The smallest absolute Gasteiger partial charge is 0.225 e. The first kappa shape index (κ1) is 15.6. The fourth-order valence-corrected chi connectivity index (χ4v) is 2.93. The molecule has 0 aromatic carbocycles. The largest absolute Gasteiger partial charge is 0.338 e. The number of piperazine rings is 1. The summed E-state index contributed by atoms with van der Waals surface area (Å²) in [5.74, 6) is 0.777. The van der Waals surface area contributed by atoms with E-state index in [4.69, 9.17) is 0 Å². The molecule has 8 nitrogen and oxygen atoms in total. The molecule has 3 aromatic heterocycles. The summed E-state index contributed by atoms with van der Waals surface area (Å²) in [4.78, 5) is 18.2. The molecule has 8 heteroatoms. The van der Waals surface area contributed by atoms with Crippen LogP contribution in [-0.2, 0) is 6.54 Å². The topological polar surface area (TPSA) is 75.9 Å². The van der Waals surface area contributed by atoms with Crippen molar-refractivity contribution in [1.82, 2.24) is 34.8 Å². The normalized spacial score (nSPS) is 15.4. The van der Waals surface area contributed by atoms with E-state index < -0.39 is 0 Å². The molecule has 128 valence electrons. The zero-order valence-corrected chi connectivity index (χ0v) is 13.9. The number of nitrogens with zero attached hydrogens (tertiary/aromatic N) is 8. The van der Waals surface area contributed by atoms with Gasteiger partial charge in [0.25, 0.3) is 0 Å². The molecular formula is C17H20N8. The van der Waals surface area contributed by atoms with Crippen LogP contribution < -0.4 is 4.90 Å². The van der Waals surface area contributed by atoms with Crippen LogP contribution in [0.2, 0.25) is 0 Å². The minimum absolute atomic E-state index is 0.777. The molecule has 0 N–H and O–H groups in total. The van der Waals surface area contributed by atoms with Crippen molar-refractivity contribution < 1.29 is 0 Å². The van der Waals surface area contributed by atoms with Gasteiger partial charge in [-0.1, -0.05) is 11.3 Å². The van der Waals surface area contributed by atoms with Gasteiger partial charge in [-0.3, -0.25) is 14.6 Å². The van der Waals surface area contributed by atoms with E-state index in [2.05, 4.69) is 35.1 Å². The lowest BCUT2D eigenvalue weighted by atomic mass is 10.2. The molecule has 3 aromatic rings. The fourth-order valence-electron chi connectivity index (χ4n) is 2.93. The molecule has 1 aliphatic rings. The Labute approximate surface area is 146 Å². The lowest BCUT2D eigenvalue weighted by molar-refractivity contribution is 0.242. The molecule has 4 heterocycles. The van der Waals surface area contributed by atoms with E-state index in [0.29, 0.717) is 0 Å². The van der Waals surface area contributed by atoms with Gasteiger partial charge in [-0.2, -0.15) is 0 Å². The van der Waals surface area contributed by atoms with Crippen LogP contribution in [0, 0.1) is 0 Å². The highest BCUT2D eigenvalue weighted by molar-refractivity contribution is 5.55. The molecule has 0 aliphatic carbocycles. The van der Waals surface area contributed by atoms with Crippen molar-refractivity contribution >= 4 is 5.95 Å². The SMILES string of the molecule is c1ccc(-c2ccnc(N3CCN(CCn4ccnn4)CC3)n2)nc1. The zero-order valence-electron chi connectivity index (χ0n) is 13.9. The Kier molecular flexibility index (Phi) is 4.60. The number of hydrogen-bond acceptors (Lipinski definition) is 7. The van der Waals surface area contributed by atoms with Crippen molar-refractivity contribution in [3.8, 4) is 11.4 Å². The molecule has 4 rings (SSSR count). The monoisotopic (exact) mass is 336 g/mol. The second kappa shape index (κ2) is 7.35. The molecule has 1 aliphatic heterocycles. The van der Waals surface area contributed by atoms with Crippen molar-refractivity contribution in [3.05, 3.63) is 49.1 Å².